The fourth-order valence-electron chi connectivity index (χ4n) is 1.64. The minimum Gasteiger partial charge on any atom is -0.312 e. The standard InChI is InChI=1S/C14H32N2/c1-11(2)9-13(16(7)8)10-15-12(3)14(4,5)6/h11-13,15H,9-10H2,1-8H3. The van der Waals surface area contributed by atoms with Gasteiger partial charge < -0.3 is 10.2 Å². The molecule has 0 aliphatic heterocycles. The average molecular weight is 228 g/mol. The molecule has 0 amide bonds. The minimum absolute atomic E-state index is 0.342. The van der Waals surface area contributed by atoms with E-state index in [4.69, 9.17) is 0 Å². The topological polar surface area (TPSA) is 15.3 Å². The fraction of sp³-hybridized carbons (Fsp3) is 1.00. The van der Waals surface area contributed by atoms with E-state index in [0.29, 0.717) is 17.5 Å². The molecule has 2 nitrogen and oxygen atoms in total. The Morgan fingerprint density at radius 2 is 1.56 bits per heavy atom. The molecule has 2 heteroatoms. The molecule has 0 radical (unpaired) electrons. The third-order valence-electron chi connectivity index (χ3n) is 3.43. The highest BCUT2D eigenvalue weighted by atomic mass is 15.1. The Morgan fingerprint density at radius 1 is 1.06 bits per heavy atom. The normalized spacial score (nSPS) is 16.9. The van der Waals surface area contributed by atoms with Crippen molar-refractivity contribution in [3.63, 3.8) is 0 Å². The zero-order valence-corrected chi connectivity index (χ0v) is 12.6. The number of hydrogen-bond acceptors (Lipinski definition) is 2. The molecule has 0 aromatic heterocycles. The van der Waals surface area contributed by atoms with Gasteiger partial charge in [-0.05, 0) is 38.8 Å². The van der Waals surface area contributed by atoms with Gasteiger partial charge in [-0.15, -0.1) is 0 Å². The third kappa shape index (κ3) is 6.49. The molecule has 0 aromatic rings. The van der Waals surface area contributed by atoms with Crippen LogP contribution in [0.15, 0.2) is 0 Å². The lowest BCUT2D eigenvalue weighted by molar-refractivity contribution is 0.215. The van der Waals surface area contributed by atoms with Crippen molar-refractivity contribution in [2.75, 3.05) is 20.6 Å². The van der Waals surface area contributed by atoms with Crippen LogP contribution in [-0.4, -0.2) is 37.6 Å². The van der Waals surface area contributed by atoms with Crippen molar-refractivity contribution < 1.29 is 0 Å². The van der Waals surface area contributed by atoms with Gasteiger partial charge in [0.05, 0.1) is 0 Å². The fourth-order valence-corrected chi connectivity index (χ4v) is 1.64. The summed E-state index contributed by atoms with van der Waals surface area (Å²) in [6.07, 6.45) is 1.26. The first kappa shape index (κ1) is 15.9. The van der Waals surface area contributed by atoms with E-state index in [2.05, 4.69) is 65.9 Å². The molecule has 98 valence electrons. The van der Waals surface area contributed by atoms with Gasteiger partial charge in [0.1, 0.15) is 0 Å². The SMILES string of the molecule is CC(C)CC(CNC(C)C(C)(C)C)N(C)C. The van der Waals surface area contributed by atoms with E-state index < -0.39 is 0 Å². The number of hydrogen-bond donors (Lipinski definition) is 1. The van der Waals surface area contributed by atoms with Gasteiger partial charge in [0.25, 0.3) is 0 Å². The largest absolute Gasteiger partial charge is 0.312 e. The van der Waals surface area contributed by atoms with Gasteiger partial charge in [0.2, 0.25) is 0 Å². The maximum absolute atomic E-state index is 3.67. The van der Waals surface area contributed by atoms with Crippen molar-refractivity contribution >= 4 is 0 Å². The molecule has 0 aliphatic rings. The maximum atomic E-state index is 3.67. The third-order valence-corrected chi connectivity index (χ3v) is 3.43. The zero-order chi connectivity index (χ0) is 12.9. The first-order chi connectivity index (χ1) is 7.14. The Balaban J connectivity index is 4.12. The molecule has 0 bridgehead atoms. The number of likely N-dealkylation sites (N-methyl/N-ethyl adjacent to an activating group) is 1. The Hall–Kier alpha value is -0.0800. The van der Waals surface area contributed by atoms with E-state index in [1.807, 2.05) is 0 Å². The molecule has 0 saturated heterocycles. The quantitative estimate of drug-likeness (QED) is 0.752. The van der Waals surface area contributed by atoms with Crippen LogP contribution in [-0.2, 0) is 0 Å². The van der Waals surface area contributed by atoms with Crippen LogP contribution in [0.5, 0.6) is 0 Å². The molecule has 0 aromatic carbocycles. The minimum atomic E-state index is 0.342. The highest BCUT2D eigenvalue weighted by molar-refractivity contribution is 4.79. The predicted molar refractivity (Wildman–Crippen MR) is 73.8 cm³/mol. The number of rotatable bonds is 6. The second kappa shape index (κ2) is 6.61. The zero-order valence-electron chi connectivity index (χ0n) is 12.6. The average Bonchev–Trinajstić information content (AvgIpc) is 2.08. The molecule has 0 aliphatic carbocycles. The van der Waals surface area contributed by atoms with Gasteiger partial charge in [-0.1, -0.05) is 34.6 Å². The van der Waals surface area contributed by atoms with Crippen LogP contribution in [0.25, 0.3) is 0 Å². The van der Waals surface area contributed by atoms with Crippen LogP contribution in [0.3, 0.4) is 0 Å². The van der Waals surface area contributed by atoms with Gasteiger partial charge in [-0.25, -0.2) is 0 Å². The summed E-state index contributed by atoms with van der Waals surface area (Å²) in [5, 5.41) is 3.67. The summed E-state index contributed by atoms with van der Waals surface area (Å²) >= 11 is 0. The van der Waals surface area contributed by atoms with Crippen LogP contribution >= 0.6 is 0 Å². The highest BCUT2D eigenvalue weighted by Gasteiger charge is 2.21. The van der Waals surface area contributed by atoms with Crippen molar-refractivity contribution in [1.82, 2.24) is 10.2 Å². The molecule has 2 unspecified atom stereocenters. The van der Waals surface area contributed by atoms with E-state index in [0.717, 1.165) is 12.5 Å². The first-order valence-corrected chi connectivity index (χ1v) is 6.54. The second-order valence-corrected chi connectivity index (χ2v) is 6.74. The molecule has 16 heavy (non-hydrogen) atoms. The summed E-state index contributed by atoms with van der Waals surface area (Å²) in [5.74, 6) is 0.763. The molecule has 0 saturated carbocycles. The van der Waals surface area contributed by atoms with E-state index in [1.54, 1.807) is 0 Å². The number of nitrogens with one attached hydrogen (secondary N) is 1. The van der Waals surface area contributed by atoms with Gasteiger partial charge in [-0.2, -0.15) is 0 Å². The Labute approximate surface area is 103 Å². The highest BCUT2D eigenvalue weighted by Crippen LogP contribution is 2.19. The Morgan fingerprint density at radius 3 is 1.88 bits per heavy atom. The summed E-state index contributed by atoms with van der Waals surface area (Å²) in [6, 6.07) is 1.20. The Bertz CT molecular complexity index is 180. The van der Waals surface area contributed by atoms with Crippen LogP contribution < -0.4 is 5.32 Å². The van der Waals surface area contributed by atoms with Gasteiger partial charge >= 0.3 is 0 Å². The summed E-state index contributed by atoms with van der Waals surface area (Å²) < 4.78 is 0. The van der Waals surface area contributed by atoms with E-state index in [9.17, 15) is 0 Å². The smallest absolute Gasteiger partial charge is 0.0217 e. The van der Waals surface area contributed by atoms with E-state index in [-0.39, 0.29) is 0 Å². The second-order valence-electron chi connectivity index (χ2n) is 6.74. The summed E-state index contributed by atoms with van der Waals surface area (Å²) in [5.41, 5.74) is 0.342. The molecule has 2 atom stereocenters. The van der Waals surface area contributed by atoms with Crippen LogP contribution in [0.2, 0.25) is 0 Å². The van der Waals surface area contributed by atoms with Gasteiger partial charge in [0.15, 0.2) is 0 Å². The van der Waals surface area contributed by atoms with Crippen molar-refractivity contribution in [3.8, 4) is 0 Å². The van der Waals surface area contributed by atoms with Gasteiger partial charge in [-0.3, -0.25) is 0 Å². The predicted octanol–water partition coefficient (Wildman–Crippen LogP) is 2.99. The van der Waals surface area contributed by atoms with Crippen LogP contribution in [0.1, 0.15) is 48.0 Å². The van der Waals surface area contributed by atoms with Crippen molar-refractivity contribution in [2.24, 2.45) is 11.3 Å². The lowest BCUT2D eigenvalue weighted by Gasteiger charge is -2.32. The van der Waals surface area contributed by atoms with Gasteiger partial charge in [0, 0.05) is 18.6 Å². The first-order valence-electron chi connectivity index (χ1n) is 6.54. The molecule has 0 spiro atoms. The summed E-state index contributed by atoms with van der Waals surface area (Å²) in [6.45, 7) is 14.8. The van der Waals surface area contributed by atoms with E-state index in [1.165, 1.54) is 6.42 Å². The van der Waals surface area contributed by atoms with Crippen LogP contribution in [0.4, 0.5) is 0 Å². The summed E-state index contributed by atoms with van der Waals surface area (Å²) in [7, 11) is 4.35. The summed E-state index contributed by atoms with van der Waals surface area (Å²) in [4.78, 5) is 2.34. The maximum Gasteiger partial charge on any atom is 0.0217 e. The molecular formula is C14H32N2. The van der Waals surface area contributed by atoms with E-state index >= 15 is 0 Å². The monoisotopic (exact) mass is 228 g/mol. The molecule has 0 heterocycles. The van der Waals surface area contributed by atoms with Crippen molar-refractivity contribution in [1.29, 1.82) is 0 Å². The Kier molecular flexibility index (Phi) is 6.57. The molecular weight excluding hydrogens is 196 g/mol. The number of nitrogens with zero attached hydrogens (tertiary/aromatic N) is 1. The van der Waals surface area contributed by atoms with Crippen molar-refractivity contribution in [2.45, 2.75) is 60.0 Å². The van der Waals surface area contributed by atoms with Crippen molar-refractivity contribution in [3.05, 3.63) is 0 Å². The molecule has 0 fully saturated rings. The lowest BCUT2D eigenvalue weighted by Crippen LogP contribution is -2.45. The molecule has 0 rings (SSSR count). The lowest BCUT2D eigenvalue weighted by atomic mass is 9.88. The molecule has 1 N–H and O–H groups in total. The van der Waals surface area contributed by atoms with Crippen LogP contribution in [0, 0.1) is 11.3 Å².